The summed E-state index contributed by atoms with van der Waals surface area (Å²) in [7, 11) is 1.96. The summed E-state index contributed by atoms with van der Waals surface area (Å²) in [6.45, 7) is 4.10. The van der Waals surface area contributed by atoms with Crippen molar-refractivity contribution in [2.75, 3.05) is 6.54 Å². The van der Waals surface area contributed by atoms with Crippen molar-refractivity contribution >= 4 is 11.0 Å². The second-order valence-electron chi connectivity index (χ2n) is 7.81. The number of fused-ring (bicyclic) bond motifs is 2. The highest BCUT2D eigenvalue weighted by Gasteiger charge is 2.30. The molecule has 0 bridgehead atoms. The molecule has 1 aliphatic carbocycles. The minimum atomic E-state index is 0.409. The Bertz CT molecular complexity index is 929. The molecule has 1 aliphatic heterocycles. The maximum absolute atomic E-state index is 4.97. The summed E-state index contributed by atoms with van der Waals surface area (Å²) in [5.41, 5.74) is 5.97. The van der Waals surface area contributed by atoms with E-state index in [4.69, 9.17) is 4.98 Å². The van der Waals surface area contributed by atoms with Gasteiger partial charge in [-0.3, -0.25) is 9.58 Å². The zero-order valence-electron chi connectivity index (χ0n) is 15.6. The van der Waals surface area contributed by atoms with Crippen LogP contribution in [0.2, 0.25) is 0 Å². The van der Waals surface area contributed by atoms with Gasteiger partial charge in [0, 0.05) is 30.9 Å². The molecular weight excluding hydrogens is 324 g/mol. The molecule has 0 amide bonds. The maximum atomic E-state index is 4.97. The van der Waals surface area contributed by atoms with Gasteiger partial charge in [0.05, 0.1) is 17.4 Å². The molecule has 6 heteroatoms. The van der Waals surface area contributed by atoms with Gasteiger partial charge in [0.2, 0.25) is 0 Å². The first-order chi connectivity index (χ1) is 12.7. The van der Waals surface area contributed by atoms with E-state index in [2.05, 4.69) is 33.0 Å². The molecule has 0 saturated carbocycles. The van der Waals surface area contributed by atoms with Crippen molar-refractivity contribution in [2.24, 2.45) is 7.05 Å². The SMILES string of the molecule is Cc1nn(C)c2ncc(CN3CCC[C@H]3c3nc4c([nH]3)CCCC4)cc12. The highest BCUT2D eigenvalue weighted by Crippen LogP contribution is 2.33. The number of aromatic nitrogens is 5. The van der Waals surface area contributed by atoms with E-state index >= 15 is 0 Å². The van der Waals surface area contributed by atoms with Gasteiger partial charge in [0.25, 0.3) is 0 Å². The predicted molar refractivity (Wildman–Crippen MR) is 101 cm³/mol. The number of nitrogens with zero attached hydrogens (tertiary/aromatic N) is 5. The van der Waals surface area contributed by atoms with Gasteiger partial charge in [0.1, 0.15) is 5.82 Å². The zero-order valence-corrected chi connectivity index (χ0v) is 15.6. The third-order valence-corrected chi connectivity index (χ3v) is 5.96. The van der Waals surface area contributed by atoms with Crippen LogP contribution in [0, 0.1) is 6.92 Å². The summed E-state index contributed by atoms with van der Waals surface area (Å²) in [6, 6.07) is 2.67. The number of likely N-dealkylation sites (tertiary alicyclic amines) is 1. The van der Waals surface area contributed by atoms with Crippen LogP contribution in [0.1, 0.15) is 60.2 Å². The fraction of sp³-hybridized carbons (Fsp3) is 0.550. The second-order valence-corrected chi connectivity index (χ2v) is 7.81. The molecule has 136 valence electrons. The molecule has 4 heterocycles. The lowest BCUT2D eigenvalue weighted by Crippen LogP contribution is -2.23. The topological polar surface area (TPSA) is 62.6 Å². The number of aryl methyl sites for hydroxylation is 4. The number of rotatable bonds is 3. The number of aromatic amines is 1. The van der Waals surface area contributed by atoms with E-state index in [9.17, 15) is 0 Å². The molecule has 3 aromatic heterocycles. The van der Waals surface area contributed by atoms with Gasteiger partial charge in [-0.15, -0.1) is 0 Å². The van der Waals surface area contributed by atoms with Crippen LogP contribution in [0.4, 0.5) is 0 Å². The van der Waals surface area contributed by atoms with Gasteiger partial charge in [-0.05, 0) is 63.6 Å². The lowest BCUT2D eigenvalue weighted by molar-refractivity contribution is 0.240. The number of nitrogens with one attached hydrogen (secondary N) is 1. The highest BCUT2D eigenvalue weighted by atomic mass is 15.3. The average Bonchev–Trinajstić information content (AvgIpc) is 3.33. The van der Waals surface area contributed by atoms with Crippen molar-refractivity contribution in [3.63, 3.8) is 0 Å². The lowest BCUT2D eigenvalue weighted by Gasteiger charge is -2.22. The highest BCUT2D eigenvalue weighted by molar-refractivity contribution is 5.78. The Balaban J connectivity index is 1.41. The summed E-state index contributed by atoms with van der Waals surface area (Å²) in [5.74, 6) is 1.18. The van der Waals surface area contributed by atoms with Crippen LogP contribution < -0.4 is 0 Å². The normalized spacial score (nSPS) is 20.8. The van der Waals surface area contributed by atoms with E-state index in [1.54, 1.807) is 0 Å². The van der Waals surface area contributed by atoms with Gasteiger partial charge < -0.3 is 4.98 Å². The number of imidazole rings is 1. The molecule has 3 aromatic rings. The maximum Gasteiger partial charge on any atom is 0.157 e. The number of hydrogen-bond acceptors (Lipinski definition) is 4. The molecule has 5 rings (SSSR count). The fourth-order valence-corrected chi connectivity index (χ4v) is 4.63. The average molecular weight is 350 g/mol. The molecule has 1 atom stereocenters. The van der Waals surface area contributed by atoms with Crippen molar-refractivity contribution in [3.05, 3.63) is 40.7 Å². The molecular formula is C20H26N6. The minimum Gasteiger partial charge on any atom is -0.344 e. The minimum absolute atomic E-state index is 0.409. The largest absolute Gasteiger partial charge is 0.344 e. The second kappa shape index (κ2) is 6.20. The van der Waals surface area contributed by atoms with E-state index in [0.29, 0.717) is 6.04 Å². The smallest absolute Gasteiger partial charge is 0.157 e. The van der Waals surface area contributed by atoms with Gasteiger partial charge in [-0.2, -0.15) is 5.10 Å². The van der Waals surface area contributed by atoms with Gasteiger partial charge >= 0.3 is 0 Å². The van der Waals surface area contributed by atoms with Crippen molar-refractivity contribution in [1.82, 2.24) is 29.6 Å². The molecule has 6 nitrogen and oxygen atoms in total. The summed E-state index contributed by atoms with van der Waals surface area (Å²) >= 11 is 0. The van der Waals surface area contributed by atoms with E-state index in [1.807, 2.05) is 17.9 Å². The molecule has 0 aromatic carbocycles. The molecule has 2 aliphatic rings. The van der Waals surface area contributed by atoms with E-state index < -0.39 is 0 Å². The Morgan fingerprint density at radius 3 is 3.00 bits per heavy atom. The molecule has 0 radical (unpaired) electrons. The fourth-order valence-electron chi connectivity index (χ4n) is 4.63. The first-order valence-electron chi connectivity index (χ1n) is 9.79. The van der Waals surface area contributed by atoms with Crippen LogP contribution in [0.5, 0.6) is 0 Å². The van der Waals surface area contributed by atoms with Crippen molar-refractivity contribution < 1.29 is 0 Å². The quantitative estimate of drug-likeness (QED) is 0.788. The zero-order chi connectivity index (χ0) is 17.7. The summed E-state index contributed by atoms with van der Waals surface area (Å²) < 4.78 is 1.86. The molecule has 0 spiro atoms. The summed E-state index contributed by atoms with van der Waals surface area (Å²) in [5, 5.41) is 5.65. The molecule has 26 heavy (non-hydrogen) atoms. The Morgan fingerprint density at radius 2 is 2.12 bits per heavy atom. The van der Waals surface area contributed by atoms with E-state index in [0.717, 1.165) is 42.7 Å². The summed E-state index contributed by atoms with van der Waals surface area (Å²) in [6.07, 6.45) is 9.30. The van der Waals surface area contributed by atoms with E-state index in [-0.39, 0.29) is 0 Å². The van der Waals surface area contributed by atoms with Crippen molar-refractivity contribution in [2.45, 2.75) is 58.0 Å². The predicted octanol–water partition coefficient (Wildman–Crippen LogP) is 3.22. The third kappa shape index (κ3) is 2.63. The van der Waals surface area contributed by atoms with Crippen LogP contribution >= 0.6 is 0 Å². The number of pyridine rings is 1. The van der Waals surface area contributed by atoms with Crippen LogP contribution in [-0.4, -0.2) is 36.2 Å². The van der Waals surface area contributed by atoms with Gasteiger partial charge in [0.15, 0.2) is 5.65 Å². The van der Waals surface area contributed by atoms with Gasteiger partial charge in [-0.1, -0.05) is 0 Å². The first kappa shape index (κ1) is 16.0. The van der Waals surface area contributed by atoms with Crippen LogP contribution in [0.25, 0.3) is 11.0 Å². The lowest BCUT2D eigenvalue weighted by atomic mass is 10.0. The Morgan fingerprint density at radius 1 is 1.23 bits per heavy atom. The Kier molecular flexibility index (Phi) is 3.81. The van der Waals surface area contributed by atoms with Crippen LogP contribution in [-0.2, 0) is 26.4 Å². The Labute approximate surface area is 153 Å². The standard InChI is InChI=1S/C20H26N6/c1-13-15-10-14(11-21-20(15)25(2)24-13)12-26-9-5-8-18(26)19-22-16-6-3-4-7-17(16)23-19/h10-11,18H,3-9,12H2,1-2H3,(H,22,23)/t18-/m0/s1. The third-order valence-electron chi connectivity index (χ3n) is 5.96. The summed E-state index contributed by atoms with van der Waals surface area (Å²) in [4.78, 5) is 15.8. The van der Waals surface area contributed by atoms with Crippen LogP contribution in [0.3, 0.4) is 0 Å². The first-order valence-corrected chi connectivity index (χ1v) is 9.79. The molecule has 0 unspecified atom stereocenters. The molecule has 1 fully saturated rings. The van der Waals surface area contributed by atoms with E-state index in [1.165, 1.54) is 48.5 Å². The van der Waals surface area contributed by atoms with Gasteiger partial charge in [-0.25, -0.2) is 9.97 Å². The number of hydrogen-bond donors (Lipinski definition) is 1. The van der Waals surface area contributed by atoms with Crippen molar-refractivity contribution in [1.29, 1.82) is 0 Å². The van der Waals surface area contributed by atoms with Crippen LogP contribution in [0.15, 0.2) is 12.3 Å². The Hall–Kier alpha value is -2.21. The number of H-pyrrole nitrogens is 1. The molecule has 1 saturated heterocycles. The van der Waals surface area contributed by atoms with Crippen molar-refractivity contribution in [3.8, 4) is 0 Å². The molecule has 1 N–H and O–H groups in total. The monoisotopic (exact) mass is 350 g/mol.